The maximum Gasteiger partial charge on any atom is 0.417 e. The van der Waals surface area contributed by atoms with Crippen molar-refractivity contribution >= 4 is 34.0 Å². The maximum atomic E-state index is 14.9. The molecule has 0 N–H and O–H groups in total. The molecule has 2 aromatic rings. The van der Waals surface area contributed by atoms with Crippen molar-refractivity contribution in [3.8, 4) is 6.07 Å². The molecule has 1 saturated carbocycles. The van der Waals surface area contributed by atoms with E-state index in [9.17, 15) is 17.6 Å². The van der Waals surface area contributed by atoms with Crippen molar-refractivity contribution in [2.75, 3.05) is 0 Å². The summed E-state index contributed by atoms with van der Waals surface area (Å²) < 4.78 is 56.2. The van der Waals surface area contributed by atoms with Gasteiger partial charge in [-0.25, -0.2) is 4.39 Å². The number of benzene rings is 2. The number of allylic oxidation sites excluding steroid dienone is 5. The molecule has 0 bridgehead atoms. The highest BCUT2D eigenvalue weighted by Crippen LogP contribution is 2.58. The zero-order chi connectivity index (χ0) is 18.9. The van der Waals surface area contributed by atoms with Crippen molar-refractivity contribution in [2.45, 2.75) is 6.18 Å². The Bertz CT molecular complexity index is 978. The second-order valence-corrected chi connectivity index (χ2v) is 6.55. The summed E-state index contributed by atoms with van der Waals surface area (Å²) in [6.45, 7) is 0. The van der Waals surface area contributed by atoms with Crippen LogP contribution in [0.25, 0.3) is 11.4 Å². The van der Waals surface area contributed by atoms with Gasteiger partial charge in [0.1, 0.15) is 11.9 Å². The van der Waals surface area contributed by atoms with E-state index in [0.717, 1.165) is 0 Å². The van der Waals surface area contributed by atoms with E-state index in [4.69, 9.17) is 5.26 Å². The third-order valence-corrected chi connectivity index (χ3v) is 4.63. The van der Waals surface area contributed by atoms with Gasteiger partial charge in [-0.2, -0.15) is 18.4 Å². The lowest BCUT2D eigenvalue weighted by Crippen LogP contribution is -2.11. The molecule has 26 heavy (non-hydrogen) atoms. The molecule has 0 unspecified atom stereocenters. The van der Waals surface area contributed by atoms with E-state index in [2.05, 4.69) is 0 Å². The van der Waals surface area contributed by atoms with E-state index in [1.54, 1.807) is 46.9 Å². The van der Waals surface area contributed by atoms with Gasteiger partial charge in [-0.05, 0) is 28.2 Å². The van der Waals surface area contributed by atoms with Crippen LogP contribution in [0.2, 0.25) is 0 Å². The summed E-state index contributed by atoms with van der Waals surface area (Å²) in [6, 6.07) is 16.9. The summed E-state index contributed by atoms with van der Waals surface area (Å²) in [4.78, 5) is 0. The Morgan fingerprint density at radius 2 is 1.31 bits per heavy atom. The molecule has 0 heterocycles. The molecule has 0 aromatic heterocycles. The Hall–Kier alpha value is -2.40. The topological polar surface area (TPSA) is 23.8 Å². The summed E-state index contributed by atoms with van der Waals surface area (Å²) in [5.74, 6) is -0.766. The van der Waals surface area contributed by atoms with Gasteiger partial charge in [-0.3, -0.25) is 0 Å². The maximum absolute atomic E-state index is 14.9. The molecular formula is C20H10F4IN. The van der Waals surface area contributed by atoms with Gasteiger partial charge in [0.2, 0.25) is 0 Å². The smallest absolute Gasteiger partial charge is 0.206 e. The standard InChI is InChI=1S/C20H10F4IN/c21-19(13-9-5-2-6-10-13)17-15(14(25)11-26)16(17)18(20(22,23)24)12-7-3-1-4-8-12/h1-10H. The van der Waals surface area contributed by atoms with Crippen LogP contribution in [0.15, 0.2) is 81.0 Å². The first-order valence-electron chi connectivity index (χ1n) is 7.49. The van der Waals surface area contributed by atoms with Gasteiger partial charge in [-0.15, -0.1) is 0 Å². The highest BCUT2D eigenvalue weighted by molar-refractivity contribution is 14.1. The lowest BCUT2D eigenvalue weighted by atomic mass is 10.0. The fraction of sp³-hybridized carbons (Fsp3) is 0.0500. The van der Waals surface area contributed by atoms with Gasteiger partial charge >= 0.3 is 6.18 Å². The summed E-state index contributed by atoms with van der Waals surface area (Å²) in [7, 11) is 0. The van der Waals surface area contributed by atoms with Crippen molar-refractivity contribution in [1.29, 1.82) is 5.26 Å². The molecule has 0 aliphatic heterocycles. The Morgan fingerprint density at radius 1 is 0.808 bits per heavy atom. The monoisotopic (exact) mass is 467 g/mol. The summed E-state index contributed by atoms with van der Waals surface area (Å²) in [5.41, 5.74) is -1.21. The quantitative estimate of drug-likeness (QED) is 0.277. The molecule has 0 atom stereocenters. The Morgan fingerprint density at radius 3 is 1.77 bits per heavy atom. The van der Waals surface area contributed by atoms with E-state index in [1.165, 1.54) is 36.4 Å². The van der Waals surface area contributed by atoms with Gasteiger partial charge in [-0.1, -0.05) is 60.7 Å². The second kappa shape index (κ2) is 7.08. The highest BCUT2D eigenvalue weighted by Gasteiger charge is 2.48. The van der Waals surface area contributed by atoms with Crippen LogP contribution < -0.4 is 0 Å². The average molecular weight is 467 g/mol. The minimum atomic E-state index is -4.69. The normalized spacial score (nSPS) is 19.5. The third kappa shape index (κ3) is 3.44. The Balaban J connectivity index is 2.33. The zero-order valence-electron chi connectivity index (χ0n) is 13.1. The van der Waals surface area contributed by atoms with E-state index in [1.807, 2.05) is 6.07 Å². The van der Waals surface area contributed by atoms with Crippen molar-refractivity contribution < 1.29 is 17.6 Å². The first-order chi connectivity index (χ1) is 12.4. The number of hydrogen-bond acceptors (Lipinski definition) is 1. The SMILES string of the molecule is N#CC(I)=C1C(=C(F)c2ccccc2)C1=C(c1ccccc1)C(F)(F)F. The molecule has 130 valence electrons. The Labute approximate surface area is 161 Å². The largest absolute Gasteiger partial charge is 0.417 e. The van der Waals surface area contributed by atoms with Crippen LogP contribution in [0.4, 0.5) is 17.6 Å². The van der Waals surface area contributed by atoms with Gasteiger partial charge in [0.15, 0.2) is 0 Å². The molecule has 0 radical (unpaired) electrons. The molecule has 1 fully saturated rings. The lowest BCUT2D eigenvalue weighted by Gasteiger charge is -2.11. The molecule has 0 amide bonds. The molecule has 0 spiro atoms. The average Bonchev–Trinajstić information content (AvgIpc) is 3.35. The molecule has 1 aliphatic rings. The van der Waals surface area contributed by atoms with Gasteiger partial charge in [0, 0.05) is 22.3 Å². The predicted molar refractivity (Wildman–Crippen MR) is 101 cm³/mol. The molecule has 3 rings (SSSR count). The first kappa shape index (κ1) is 18.4. The van der Waals surface area contributed by atoms with Gasteiger partial charge in [0.25, 0.3) is 0 Å². The summed E-state index contributed by atoms with van der Waals surface area (Å²) in [6.07, 6.45) is -4.69. The number of nitrogens with zero attached hydrogens (tertiary/aromatic N) is 1. The number of nitriles is 1. The van der Waals surface area contributed by atoms with E-state index < -0.39 is 17.6 Å². The van der Waals surface area contributed by atoms with Crippen LogP contribution >= 0.6 is 22.6 Å². The highest BCUT2D eigenvalue weighted by atomic mass is 127. The van der Waals surface area contributed by atoms with Gasteiger partial charge in [0.05, 0.1) is 9.15 Å². The fourth-order valence-electron chi connectivity index (χ4n) is 2.72. The molecule has 0 saturated heterocycles. The fourth-order valence-corrected chi connectivity index (χ4v) is 3.26. The van der Waals surface area contributed by atoms with E-state index in [-0.39, 0.29) is 31.4 Å². The molecule has 2 aromatic carbocycles. The van der Waals surface area contributed by atoms with Crippen LogP contribution in [0.3, 0.4) is 0 Å². The minimum Gasteiger partial charge on any atom is -0.206 e. The zero-order valence-corrected chi connectivity index (χ0v) is 15.3. The number of rotatable bonds is 2. The second-order valence-electron chi connectivity index (χ2n) is 5.47. The minimum absolute atomic E-state index is 0.0191. The van der Waals surface area contributed by atoms with Crippen LogP contribution in [0, 0.1) is 11.3 Å². The molecular weight excluding hydrogens is 457 g/mol. The molecule has 1 nitrogen and oxygen atoms in total. The van der Waals surface area contributed by atoms with Crippen molar-refractivity contribution in [3.05, 3.63) is 92.1 Å². The first-order valence-corrected chi connectivity index (χ1v) is 8.57. The van der Waals surface area contributed by atoms with Crippen molar-refractivity contribution in [2.24, 2.45) is 0 Å². The number of alkyl halides is 3. The van der Waals surface area contributed by atoms with E-state index in [0.29, 0.717) is 0 Å². The van der Waals surface area contributed by atoms with Crippen molar-refractivity contribution in [3.63, 3.8) is 0 Å². The van der Waals surface area contributed by atoms with Crippen LogP contribution in [0.5, 0.6) is 0 Å². The molecule has 1 aliphatic carbocycles. The predicted octanol–water partition coefficient (Wildman–Crippen LogP) is 6.61. The lowest BCUT2D eigenvalue weighted by molar-refractivity contribution is -0.0690. The summed E-state index contributed by atoms with van der Waals surface area (Å²) >= 11 is 1.64. The Kier molecular flexibility index (Phi) is 5.01. The summed E-state index contributed by atoms with van der Waals surface area (Å²) in [5, 5.41) is 9.12. The van der Waals surface area contributed by atoms with Crippen LogP contribution in [0.1, 0.15) is 11.1 Å². The van der Waals surface area contributed by atoms with E-state index >= 15 is 0 Å². The number of hydrogen-bond donors (Lipinski definition) is 0. The molecule has 6 heteroatoms. The number of halogens is 5. The van der Waals surface area contributed by atoms with Crippen molar-refractivity contribution in [1.82, 2.24) is 0 Å². The van der Waals surface area contributed by atoms with Gasteiger partial charge < -0.3 is 0 Å². The van der Waals surface area contributed by atoms with Crippen LogP contribution in [-0.2, 0) is 0 Å². The van der Waals surface area contributed by atoms with Crippen LogP contribution in [-0.4, -0.2) is 6.18 Å². The third-order valence-electron chi connectivity index (χ3n) is 3.85.